The van der Waals surface area contributed by atoms with Gasteiger partial charge in [-0.15, -0.1) is 0 Å². The quantitative estimate of drug-likeness (QED) is 0.274. The Morgan fingerprint density at radius 3 is 1.32 bits per heavy atom. The Hall–Kier alpha value is -0.0800. The Morgan fingerprint density at radius 2 is 1.00 bits per heavy atom. The first kappa shape index (κ1) is 21.9. The molecule has 0 spiro atoms. The summed E-state index contributed by atoms with van der Waals surface area (Å²) < 4.78 is 0. The third kappa shape index (κ3) is 14.8. The first-order valence-electron chi connectivity index (χ1n) is 9.99. The van der Waals surface area contributed by atoms with E-state index in [1.54, 1.807) is 0 Å². The van der Waals surface area contributed by atoms with Gasteiger partial charge in [0.1, 0.15) is 14.1 Å². The van der Waals surface area contributed by atoms with Crippen LogP contribution in [0.25, 0.3) is 0 Å². The molecule has 2 heteroatoms. The lowest BCUT2D eigenvalue weighted by molar-refractivity contribution is 0.205. The average molecular weight is 314 g/mol. The maximum absolute atomic E-state index is 9.26. The smallest absolute Gasteiger partial charge is 0.155 e. The molecule has 0 heterocycles. The second kappa shape index (κ2) is 17.3. The molecular formula is C20H43NO+. The van der Waals surface area contributed by atoms with E-state index in [-0.39, 0.29) is 0 Å². The maximum Gasteiger partial charge on any atom is 0.155 e. The van der Waals surface area contributed by atoms with Crippen molar-refractivity contribution in [3.63, 3.8) is 0 Å². The molecule has 0 saturated heterocycles. The van der Waals surface area contributed by atoms with E-state index in [1.807, 2.05) is 0 Å². The largest absolute Gasteiger partial charge is 0.390 e. The lowest BCUT2D eigenvalue weighted by Crippen LogP contribution is -2.36. The minimum Gasteiger partial charge on any atom is -0.390 e. The molecule has 1 unspecified atom stereocenters. The van der Waals surface area contributed by atoms with Gasteiger partial charge in [0.15, 0.2) is 6.04 Å². The van der Waals surface area contributed by atoms with Gasteiger partial charge in [0, 0.05) is 6.42 Å². The molecule has 2 nitrogen and oxygen atoms in total. The molecule has 1 N–H and O–H groups in total. The van der Waals surface area contributed by atoms with E-state index in [2.05, 4.69) is 25.9 Å². The summed E-state index contributed by atoms with van der Waals surface area (Å²) in [5.74, 6) is 0. The van der Waals surface area contributed by atoms with Gasteiger partial charge in [-0.2, -0.15) is 4.90 Å². The third-order valence-corrected chi connectivity index (χ3v) is 4.83. The van der Waals surface area contributed by atoms with Gasteiger partial charge in [0.2, 0.25) is 0 Å². The number of nitrogens with zero attached hydrogens (tertiary/aromatic N) is 1. The summed E-state index contributed by atoms with van der Waals surface area (Å²) in [6.45, 7) is 2.58. The van der Waals surface area contributed by atoms with Crippen LogP contribution in [0.5, 0.6) is 0 Å². The van der Waals surface area contributed by atoms with Crippen molar-refractivity contribution < 1.29 is 5.11 Å². The zero-order valence-electron chi connectivity index (χ0n) is 15.8. The summed E-state index contributed by atoms with van der Waals surface area (Å²) in [5, 5.41) is 9.26. The van der Waals surface area contributed by atoms with Crippen LogP contribution in [0.15, 0.2) is 0 Å². The van der Waals surface area contributed by atoms with Gasteiger partial charge in [-0.3, -0.25) is 0 Å². The molecule has 0 amide bonds. The molecule has 0 aromatic heterocycles. The van der Waals surface area contributed by atoms with Crippen LogP contribution in [0.2, 0.25) is 0 Å². The van der Waals surface area contributed by atoms with Crippen molar-refractivity contribution in [2.45, 2.75) is 109 Å². The van der Waals surface area contributed by atoms with Crippen LogP contribution < -0.4 is 4.90 Å². The minimum absolute atomic E-state index is 0.297. The van der Waals surface area contributed by atoms with E-state index >= 15 is 0 Å². The van der Waals surface area contributed by atoms with Gasteiger partial charge in [0.25, 0.3) is 0 Å². The topological polar surface area (TPSA) is 26.1 Å². The molecule has 133 valence electrons. The molecule has 0 bridgehead atoms. The molecule has 22 heavy (non-hydrogen) atoms. The van der Waals surface area contributed by atoms with Crippen molar-refractivity contribution >= 4 is 0 Å². The van der Waals surface area contributed by atoms with Gasteiger partial charge in [-0.05, 0) is 6.42 Å². The number of hydrogen-bond donors (Lipinski definition) is 1. The van der Waals surface area contributed by atoms with E-state index in [9.17, 15) is 5.11 Å². The van der Waals surface area contributed by atoms with E-state index in [0.29, 0.717) is 12.6 Å². The van der Waals surface area contributed by atoms with Crippen LogP contribution in [0.3, 0.4) is 0 Å². The zero-order chi connectivity index (χ0) is 16.5. The maximum atomic E-state index is 9.26. The van der Waals surface area contributed by atoms with Crippen molar-refractivity contribution in [2.24, 2.45) is 0 Å². The molecule has 1 atom stereocenters. The highest BCUT2D eigenvalue weighted by Crippen LogP contribution is 2.14. The second-order valence-electron chi connectivity index (χ2n) is 7.18. The molecule has 0 fully saturated rings. The van der Waals surface area contributed by atoms with E-state index in [4.69, 9.17) is 0 Å². The molecular weight excluding hydrogens is 270 g/mol. The Kier molecular flexibility index (Phi) is 17.2. The van der Waals surface area contributed by atoms with E-state index in [1.165, 1.54) is 89.9 Å². The summed E-state index contributed by atoms with van der Waals surface area (Å²) in [4.78, 5) is 2.14. The fraction of sp³-hybridized carbons (Fsp3) is 1.00. The highest BCUT2D eigenvalue weighted by molar-refractivity contribution is 4.68. The fourth-order valence-corrected chi connectivity index (χ4v) is 3.09. The minimum atomic E-state index is 0.297. The highest BCUT2D eigenvalue weighted by Gasteiger charge is 2.16. The molecule has 0 aliphatic rings. The number of unbranched alkanes of at least 4 members (excludes halogenated alkanes) is 13. The van der Waals surface area contributed by atoms with Gasteiger partial charge in [0.05, 0.1) is 6.61 Å². The molecule has 0 aliphatic carbocycles. The van der Waals surface area contributed by atoms with E-state index in [0.717, 1.165) is 6.42 Å². The predicted molar refractivity (Wildman–Crippen MR) is 99.8 cm³/mol. The first-order chi connectivity index (χ1) is 10.7. The van der Waals surface area contributed by atoms with Crippen LogP contribution in [-0.2, 0) is 0 Å². The molecule has 1 radical (unpaired) electrons. The Balaban J connectivity index is 3.11. The molecule has 0 aromatic carbocycles. The van der Waals surface area contributed by atoms with Crippen molar-refractivity contribution in [1.82, 2.24) is 4.90 Å². The van der Waals surface area contributed by atoms with Gasteiger partial charge < -0.3 is 5.11 Å². The van der Waals surface area contributed by atoms with E-state index < -0.39 is 0 Å². The van der Waals surface area contributed by atoms with Gasteiger partial charge in [-0.1, -0.05) is 90.4 Å². The van der Waals surface area contributed by atoms with Crippen molar-refractivity contribution in [2.75, 3.05) is 20.7 Å². The number of aliphatic hydroxyl groups excluding tert-OH is 1. The summed E-state index contributed by atoms with van der Waals surface area (Å²) in [6.07, 6.45) is 20.9. The van der Waals surface area contributed by atoms with Crippen LogP contribution in [-0.4, -0.2) is 31.9 Å². The van der Waals surface area contributed by atoms with Gasteiger partial charge in [-0.25, -0.2) is 0 Å². The van der Waals surface area contributed by atoms with Crippen LogP contribution in [0.4, 0.5) is 0 Å². The monoisotopic (exact) mass is 313 g/mol. The lowest BCUT2D eigenvalue weighted by Gasteiger charge is -2.12. The Labute approximate surface area is 140 Å². The average Bonchev–Trinajstić information content (AvgIpc) is 2.51. The summed E-state index contributed by atoms with van der Waals surface area (Å²) in [5.41, 5.74) is 0. The lowest BCUT2D eigenvalue weighted by atomic mass is 10.0. The number of likely N-dealkylation sites (N-methyl/N-ethyl adjacent to an activating group) is 1. The first-order valence-corrected chi connectivity index (χ1v) is 9.99. The second-order valence-corrected chi connectivity index (χ2v) is 7.18. The number of aliphatic hydroxyl groups is 1. The Bertz CT molecular complexity index is 206. The predicted octanol–water partition coefficient (Wildman–Crippen LogP) is 5.62. The molecule has 0 aromatic rings. The normalized spacial score (nSPS) is 13.0. The van der Waals surface area contributed by atoms with Crippen molar-refractivity contribution in [3.8, 4) is 0 Å². The summed E-state index contributed by atoms with van der Waals surface area (Å²) >= 11 is 0. The molecule has 0 saturated carbocycles. The Morgan fingerprint density at radius 1 is 0.636 bits per heavy atom. The van der Waals surface area contributed by atoms with Crippen LogP contribution >= 0.6 is 0 Å². The SMILES string of the molecule is CCCCCCCCCCCCCCCCC(CO)[N+](C)C. The number of rotatable bonds is 17. The van der Waals surface area contributed by atoms with Crippen molar-refractivity contribution in [3.05, 3.63) is 0 Å². The van der Waals surface area contributed by atoms with Crippen molar-refractivity contribution in [1.29, 1.82) is 0 Å². The highest BCUT2D eigenvalue weighted by atomic mass is 16.3. The summed E-state index contributed by atoms with van der Waals surface area (Å²) in [6, 6.07) is 0.359. The summed E-state index contributed by atoms with van der Waals surface area (Å²) in [7, 11) is 4.12. The molecule has 0 aliphatic heterocycles. The third-order valence-electron chi connectivity index (χ3n) is 4.83. The number of hydrogen-bond acceptors (Lipinski definition) is 2. The van der Waals surface area contributed by atoms with Gasteiger partial charge >= 0.3 is 0 Å². The van der Waals surface area contributed by atoms with Crippen LogP contribution in [0, 0.1) is 0 Å². The molecule has 0 rings (SSSR count). The zero-order valence-corrected chi connectivity index (χ0v) is 15.8. The standard InChI is InChI=1S/C20H43NO/c1-4-5-6-7-8-9-10-11-12-13-14-15-16-17-18-20(19-22)21(2)3/h20,22H,4-19H2,1-3H3/q+1. The fourth-order valence-electron chi connectivity index (χ4n) is 3.09. The van der Waals surface area contributed by atoms with Crippen LogP contribution in [0.1, 0.15) is 103 Å².